The molecule has 3 heteroatoms. The Morgan fingerprint density at radius 1 is 1.39 bits per heavy atom. The van der Waals surface area contributed by atoms with Crippen LogP contribution in [0.15, 0.2) is 22.7 Å². The summed E-state index contributed by atoms with van der Waals surface area (Å²) in [6, 6.07) is 5.75. The summed E-state index contributed by atoms with van der Waals surface area (Å²) in [7, 11) is 0. The van der Waals surface area contributed by atoms with Crippen molar-refractivity contribution in [2.75, 3.05) is 0 Å². The Labute approximate surface area is 117 Å². The summed E-state index contributed by atoms with van der Waals surface area (Å²) < 4.78 is 14.0. The van der Waals surface area contributed by atoms with Gasteiger partial charge in [-0.05, 0) is 45.8 Å². The predicted octanol–water partition coefficient (Wildman–Crippen LogP) is 4.65. The first-order valence-corrected chi connectivity index (χ1v) is 7.46. The molecule has 1 fully saturated rings. The van der Waals surface area contributed by atoms with Gasteiger partial charge in [0.15, 0.2) is 0 Å². The van der Waals surface area contributed by atoms with Crippen LogP contribution in [0.25, 0.3) is 0 Å². The van der Waals surface area contributed by atoms with E-state index in [1.54, 1.807) is 6.07 Å². The van der Waals surface area contributed by atoms with Crippen LogP contribution >= 0.6 is 15.9 Å². The largest absolute Gasteiger partial charge is 0.309 e. The number of benzene rings is 1. The zero-order valence-electron chi connectivity index (χ0n) is 11.1. The third kappa shape index (κ3) is 3.12. The minimum atomic E-state index is -0.183. The van der Waals surface area contributed by atoms with Crippen LogP contribution in [0, 0.1) is 11.2 Å². The average molecular weight is 314 g/mol. The van der Waals surface area contributed by atoms with E-state index in [1.165, 1.54) is 31.7 Å². The van der Waals surface area contributed by atoms with Gasteiger partial charge in [0.1, 0.15) is 5.82 Å². The summed E-state index contributed by atoms with van der Waals surface area (Å²) in [5.41, 5.74) is 1.34. The topological polar surface area (TPSA) is 12.0 Å². The standard InChI is InChI=1S/C15H21BrFN/c1-15(2)9-4-3-8-13(15)18-10-11-6-5-7-12(17)14(11)16/h5-7,13,18H,3-4,8-10H2,1-2H3. The third-order valence-electron chi connectivity index (χ3n) is 4.08. The lowest BCUT2D eigenvalue weighted by Crippen LogP contribution is -2.43. The van der Waals surface area contributed by atoms with Gasteiger partial charge in [-0.1, -0.05) is 38.8 Å². The van der Waals surface area contributed by atoms with Crippen LogP contribution in [-0.4, -0.2) is 6.04 Å². The quantitative estimate of drug-likeness (QED) is 0.856. The van der Waals surface area contributed by atoms with Crippen molar-refractivity contribution in [2.24, 2.45) is 5.41 Å². The van der Waals surface area contributed by atoms with E-state index >= 15 is 0 Å². The van der Waals surface area contributed by atoms with Gasteiger partial charge in [0.2, 0.25) is 0 Å². The summed E-state index contributed by atoms with van der Waals surface area (Å²) in [5, 5.41) is 3.60. The number of nitrogens with one attached hydrogen (secondary N) is 1. The number of hydrogen-bond acceptors (Lipinski definition) is 1. The van der Waals surface area contributed by atoms with Crippen LogP contribution in [0.4, 0.5) is 4.39 Å². The Kier molecular flexibility index (Phi) is 4.44. The first-order valence-electron chi connectivity index (χ1n) is 6.67. The fourth-order valence-electron chi connectivity index (χ4n) is 2.79. The molecule has 1 atom stereocenters. The van der Waals surface area contributed by atoms with Gasteiger partial charge < -0.3 is 5.32 Å². The molecule has 0 spiro atoms. The molecular formula is C15H21BrFN. The molecule has 0 radical (unpaired) electrons. The summed E-state index contributed by atoms with van der Waals surface area (Å²) >= 11 is 3.32. The maximum Gasteiger partial charge on any atom is 0.137 e. The van der Waals surface area contributed by atoms with Crippen molar-refractivity contribution in [1.82, 2.24) is 5.32 Å². The molecule has 1 aliphatic carbocycles. The lowest BCUT2D eigenvalue weighted by molar-refractivity contribution is 0.166. The minimum absolute atomic E-state index is 0.183. The summed E-state index contributed by atoms with van der Waals surface area (Å²) in [6.07, 6.45) is 5.12. The summed E-state index contributed by atoms with van der Waals surface area (Å²) in [5.74, 6) is -0.183. The molecule has 1 N–H and O–H groups in total. The lowest BCUT2D eigenvalue weighted by Gasteiger charge is -2.39. The van der Waals surface area contributed by atoms with E-state index in [9.17, 15) is 4.39 Å². The van der Waals surface area contributed by atoms with Gasteiger partial charge in [0.25, 0.3) is 0 Å². The van der Waals surface area contributed by atoms with E-state index in [0.717, 1.165) is 12.1 Å². The molecule has 0 amide bonds. The summed E-state index contributed by atoms with van der Waals surface area (Å²) in [4.78, 5) is 0. The second-order valence-electron chi connectivity index (χ2n) is 5.88. The van der Waals surface area contributed by atoms with Gasteiger partial charge in [-0.3, -0.25) is 0 Å². The van der Waals surface area contributed by atoms with Crippen LogP contribution in [0.5, 0.6) is 0 Å². The fraction of sp³-hybridized carbons (Fsp3) is 0.600. The van der Waals surface area contributed by atoms with E-state index in [-0.39, 0.29) is 5.82 Å². The molecule has 0 aromatic heterocycles. The molecule has 2 rings (SSSR count). The van der Waals surface area contributed by atoms with Crippen molar-refractivity contribution in [1.29, 1.82) is 0 Å². The first-order chi connectivity index (χ1) is 8.50. The van der Waals surface area contributed by atoms with E-state index in [2.05, 4.69) is 35.1 Å². The van der Waals surface area contributed by atoms with E-state index in [0.29, 0.717) is 15.9 Å². The van der Waals surface area contributed by atoms with E-state index in [1.807, 2.05) is 6.07 Å². The highest BCUT2D eigenvalue weighted by Gasteiger charge is 2.31. The number of halogens is 2. The Balaban J connectivity index is 2.00. The van der Waals surface area contributed by atoms with Crippen LogP contribution in [-0.2, 0) is 6.54 Å². The highest BCUT2D eigenvalue weighted by atomic mass is 79.9. The molecular weight excluding hydrogens is 293 g/mol. The zero-order valence-corrected chi connectivity index (χ0v) is 12.7. The fourth-order valence-corrected chi connectivity index (χ4v) is 3.20. The van der Waals surface area contributed by atoms with E-state index < -0.39 is 0 Å². The monoisotopic (exact) mass is 313 g/mol. The van der Waals surface area contributed by atoms with Crippen LogP contribution < -0.4 is 5.32 Å². The Morgan fingerprint density at radius 3 is 2.89 bits per heavy atom. The maximum atomic E-state index is 13.4. The molecule has 0 aliphatic heterocycles. The lowest BCUT2D eigenvalue weighted by atomic mass is 9.73. The summed E-state index contributed by atoms with van der Waals surface area (Å²) in [6.45, 7) is 5.38. The molecule has 100 valence electrons. The molecule has 1 unspecified atom stereocenters. The van der Waals surface area contributed by atoms with Gasteiger partial charge in [-0.15, -0.1) is 0 Å². The Morgan fingerprint density at radius 2 is 2.17 bits per heavy atom. The minimum Gasteiger partial charge on any atom is -0.309 e. The van der Waals surface area contributed by atoms with Gasteiger partial charge in [-0.25, -0.2) is 4.39 Å². The van der Waals surface area contributed by atoms with Crippen molar-refractivity contribution in [3.63, 3.8) is 0 Å². The molecule has 0 heterocycles. The highest BCUT2D eigenvalue weighted by molar-refractivity contribution is 9.10. The average Bonchev–Trinajstić information content (AvgIpc) is 2.32. The second kappa shape index (κ2) is 5.70. The maximum absolute atomic E-state index is 13.4. The smallest absolute Gasteiger partial charge is 0.137 e. The molecule has 1 aromatic rings. The van der Waals surface area contributed by atoms with Gasteiger partial charge in [0.05, 0.1) is 4.47 Å². The second-order valence-corrected chi connectivity index (χ2v) is 6.67. The molecule has 1 nitrogen and oxygen atoms in total. The molecule has 1 saturated carbocycles. The zero-order chi connectivity index (χ0) is 13.2. The van der Waals surface area contributed by atoms with Crippen molar-refractivity contribution < 1.29 is 4.39 Å². The SMILES string of the molecule is CC1(C)CCCCC1NCc1cccc(F)c1Br. The van der Waals surface area contributed by atoms with Crippen molar-refractivity contribution >= 4 is 15.9 Å². The van der Waals surface area contributed by atoms with Crippen molar-refractivity contribution in [3.05, 3.63) is 34.1 Å². The Hall–Kier alpha value is -0.410. The van der Waals surface area contributed by atoms with Crippen LogP contribution in [0.3, 0.4) is 0 Å². The molecule has 1 aliphatic rings. The van der Waals surface area contributed by atoms with Gasteiger partial charge in [0, 0.05) is 12.6 Å². The van der Waals surface area contributed by atoms with Crippen molar-refractivity contribution in [2.45, 2.75) is 52.1 Å². The molecule has 0 bridgehead atoms. The molecule has 18 heavy (non-hydrogen) atoms. The van der Waals surface area contributed by atoms with Crippen LogP contribution in [0.1, 0.15) is 45.1 Å². The van der Waals surface area contributed by atoms with Crippen molar-refractivity contribution in [3.8, 4) is 0 Å². The number of hydrogen-bond donors (Lipinski definition) is 1. The molecule has 0 saturated heterocycles. The van der Waals surface area contributed by atoms with E-state index in [4.69, 9.17) is 0 Å². The van der Waals surface area contributed by atoms with Gasteiger partial charge >= 0.3 is 0 Å². The third-order valence-corrected chi connectivity index (χ3v) is 4.97. The number of rotatable bonds is 3. The normalized spacial score (nSPS) is 23.0. The molecule has 1 aromatic carbocycles. The van der Waals surface area contributed by atoms with Gasteiger partial charge in [-0.2, -0.15) is 0 Å². The predicted molar refractivity (Wildman–Crippen MR) is 77.0 cm³/mol. The van der Waals surface area contributed by atoms with Crippen LogP contribution in [0.2, 0.25) is 0 Å². The first kappa shape index (κ1) is 14.0. The highest BCUT2D eigenvalue weighted by Crippen LogP contribution is 2.35. The Bertz CT molecular complexity index is 417.